The summed E-state index contributed by atoms with van der Waals surface area (Å²) in [6.45, 7) is 4.12. The van der Waals surface area contributed by atoms with Gasteiger partial charge < -0.3 is 20.3 Å². The molecule has 1 atom stereocenters. The lowest BCUT2D eigenvalue weighted by Gasteiger charge is -2.35. The maximum Gasteiger partial charge on any atom is 0.313 e. The van der Waals surface area contributed by atoms with Crippen molar-refractivity contribution in [2.45, 2.75) is 12.5 Å². The molecule has 0 aliphatic carbocycles. The van der Waals surface area contributed by atoms with Gasteiger partial charge in [0.05, 0.1) is 19.3 Å². The number of nitrogens with one attached hydrogen (secondary N) is 2. The van der Waals surface area contributed by atoms with Crippen LogP contribution < -0.4 is 15.5 Å². The van der Waals surface area contributed by atoms with Crippen LogP contribution in [-0.4, -0.2) is 63.2 Å². The van der Waals surface area contributed by atoms with Gasteiger partial charge in [-0.2, -0.15) is 0 Å². The van der Waals surface area contributed by atoms with Crippen LogP contribution in [0.25, 0.3) is 0 Å². The van der Waals surface area contributed by atoms with Crippen LogP contribution in [-0.2, 0) is 20.7 Å². The van der Waals surface area contributed by atoms with Gasteiger partial charge in [-0.3, -0.25) is 14.5 Å². The molecule has 2 aliphatic heterocycles. The van der Waals surface area contributed by atoms with E-state index in [1.54, 1.807) is 0 Å². The smallest absolute Gasteiger partial charge is 0.313 e. The predicted octanol–water partition coefficient (Wildman–Crippen LogP) is 1.95. The van der Waals surface area contributed by atoms with Gasteiger partial charge in [-0.25, -0.2) is 4.39 Å². The largest absolute Gasteiger partial charge is 0.379 e. The van der Waals surface area contributed by atoms with Crippen molar-refractivity contribution >= 4 is 23.2 Å². The van der Waals surface area contributed by atoms with Crippen molar-refractivity contribution in [2.24, 2.45) is 0 Å². The van der Waals surface area contributed by atoms with E-state index in [1.807, 2.05) is 0 Å². The fourth-order valence-corrected chi connectivity index (χ4v) is 4.13. The summed E-state index contributed by atoms with van der Waals surface area (Å²) >= 11 is 0. The molecule has 2 aliphatic rings. The molecule has 2 aromatic rings. The number of ether oxygens (including phenoxy) is 1. The van der Waals surface area contributed by atoms with Gasteiger partial charge in [0.25, 0.3) is 0 Å². The number of morpholine rings is 1. The molecule has 4 rings (SSSR count). The van der Waals surface area contributed by atoms with Crippen LogP contribution in [0.5, 0.6) is 0 Å². The van der Waals surface area contributed by atoms with E-state index in [2.05, 4.69) is 45.7 Å². The zero-order valence-corrected chi connectivity index (χ0v) is 17.6. The summed E-state index contributed by atoms with van der Waals surface area (Å²) in [5.74, 6) is -1.90. The Hall–Kier alpha value is -2.97. The standard InChI is InChI=1S/C23H27FN4O3/c1-27-9-8-17-14-16(2-7-20(17)27)21(28-10-12-31-13-11-28)15-25-22(29)23(30)26-19-5-3-18(24)4-6-19/h2-7,14,21H,8-13,15H2,1H3,(H,25,29)(H,26,30)/t21-/m1/s1. The maximum absolute atomic E-state index is 13.0. The minimum absolute atomic E-state index is 0.0531. The molecule has 0 unspecified atom stereocenters. The topological polar surface area (TPSA) is 73.9 Å². The molecule has 1 saturated heterocycles. The van der Waals surface area contributed by atoms with E-state index in [0.717, 1.165) is 31.6 Å². The number of benzene rings is 2. The molecule has 0 saturated carbocycles. The average Bonchev–Trinajstić information content (AvgIpc) is 3.16. The number of hydrogen-bond acceptors (Lipinski definition) is 5. The fraction of sp³-hybridized carbons (Fsp3) is 0.391. The molecule has 8 heteroatoms. The first-order valence-electron chi connectivity index (χ1n) is 10.5. The zero-order chi connectivity index (χ0) is 21.8. The number of carbonyl (C=O) groups excluding carboxylic acids is 2. The summed E-state index contributed by atoms with van der Waals surface area (Å²) in [5, 5.41) is 5.26. The highest BCUT2D eigenvalue weighted by Crippen LogP contribution is 2.31. The predicted molar refractivity (Wildman–Crippen MR) is 117 cm³/mol. The number of amides is 2. The number of anilines is 2. The van der Waals surface area contributed by atoms with E-state index in [-0.39, 0.29) is 6.04 Å². The summed E-state index contributed by atoms with van der Waals surface area (Å²) < 4.78 is 18.5. The Balaban J connectivity index is 1.44. The average molecular weight is 426 g/mol. The molecule has 31 heavy (non-hydrogen) atoms. The maximum atomic E-state index is 13.0. The lowest BCUT2D eigenvalue weighted by molar-refractivity contribution is -0.136. The number of nitrogens with zero attached hydrogens (tertiary/aromatic N) is 2. The van der Waals surface area contributed by atoms with Crippen molar-refractivity contribution in [3.05, 3.63) is 59.4 Å². The molecule has 164 valence electrons. The van der Waals surface area contributed by atoms with Crippen LogP contribution >= 0.6 is 0 Å². The highest BCUT2D eigenvalue weighted by molar-refractivity contribution is 6.39. The van der Waals surface area contributed by atoms with Crippen molar-refractivity contribution < 1.29 is 18.7 Å². The SMILES string of the molecule is CN1CCc2cc([C@@H](CNC(=O)C(=O)Nc3ccc(F)cc3)N3CCOCC3)ccc21. The Morgan fingerprint density at radius 1 is 1.06 bits per heavy atom. The Kier molecular flexibility index (Phi) is 6.48. The summed E-state index contributed by atoms with van der Waals surface area (Å²) in [5.41, 5.74) is 4.04. The van der Waals surface area contributed by atoms with Gasteiger partial charge in [0, 0.05) is 44.6 Å². The van der Waals surface area contributed by atoms with Crippen LogP contribution in [0.2, 0.25) is 0 Å². The molecule has 2 amide bonds. The molecule has 0 spiro atoms. The molecular formula is C23H27FN4O3. The number of rotatable bonds is 5. The van der Waals surface area contributed by atoms with Crippen molar-refractivity contribution in [1.29, 1.82) is 0 Å². The van der Waals surface area contributed by atoms with Crippen molar-refractivity contribution in [2.75, 3.05) is 56.7 Å². The molecule has 2 heterocycles. The van der Waals surface area contributed by atoms with Crippen LogP contribution in [0.15, 0.2) is 42.5 Å². The second kappa shape index (κ2) is 9.45. The first-order chi connectivity index (χ1) is 15.0. The van der Waals surface area contributed by atoms with E-state index in [1.165, 1.54) is 35.5 Å². The Morgan fingerprint density at radius 2 is 1.81 bits per heavy atom. The fourth-order valence-electron chi connectivity index (χ4n) is 4.13. The first kappa shape index (κ1) is 21.3. The minimum Gasteiger partial charge on any atom is -0.379 e. The third-order valence-electron chi connectivity index (χ3n) is 5.87. The third-order valence-corrected chi connectivity index (χ3v) is 5.87. The zero-order valence-electron chi connectivity index (χ0n) is 17.6. The number of likely N-dealkylation sites (N-methyl/N-ethyl adjacent to an activating group) is 1. The second-order valence-electron chi connectivity index (χ2n) is 7.89. The van der Waals surface area contributed by atoms with Gasteiger partial charge in [0.2, 0.25) is 0 Å². The van der Waals surface area contributed by atoms with Gasteiger partial charge in [0.1, 0.15) is 5.82 Å². The highest BCUT2D eigenvalue weighted by atomic mass is 19.1. The third kappa shape index (κ3) is 5.03. The van der Waals surface area contributed by atoms with Crippen molar-refractivity contribution in [3.63, 3.8) is 0 Å². The molecule has 1 fully saturated rings. The molecular weight excluding hydrogens is 399 g/mol. The number of halogens is 1. The summed E-state index contributed by atoms with van der Waals surface area (Å²) in [7, 11) is 2.09. The first-order valence-corrected chi connectivity index (χ1v) is 10.5. The molecule has 0 radical (unpaired) electrons. The second-order valence-corrected chi connectivity index (χ2v) is 7.89. The van der Waals surface area contributed by atoms with Gasteiger partial charge in [0.15, 0.2) is 0 Å². The summed E-state index contributed by atoms with van der Waals surface area (Å²) in [6.07, 6.45) is 1.00. The normalized spacial score (nSPS) is 17.2. The molecule has 0 bridgehead atoms. The highest BCUT2D eigenvalue weighted by Gasteiger charge is 2.26. The summed E-state index contributed by atoms with van der Waals surface area (Å²) in [4.78, 5) is 29.2. The van der Waals surface area contributed by atoms with Crippen LogP contribution in [0, 0.1) is 5.82 Å². The van der Waals surface area contributed by atoms with E-state index < -0.39 is 17.6 Å². The van der Waals surface area contributed by atoms with Crippen molar-refractivity contribution in [3.8, 4) is 0 Å². The number of hydrogen-bond donors (Lipinski definition) is 2. The molecule has 2 N–H and O–H groups in total. The lowest BCUT2D eigenvalue weighted by atomic mass is 10.0. The van der Waals surface area contributed by atoms with Crippen molar-refractivity contribution in [1.82, 2.24) is 10.2 Å². The van der Waals surface area contributed by atoms with Gasteiger partial charge in [-0.15, -0.1) is 0 Å². The lowest BCUT2D eigenvalue weighted by Crippen LogP contribution is -2.45. The molecule has 2 aromatic carbocycles. The molecule has 0 aromatic heterocycles. The Morgan fingerprint density at radius 3 is 2.55 bits per heavy atom. The molecule has 7 nitrogen and oxygen atoms in total. The van der Waals surface area contributed by atoms with Crippen LogP contribution in [0.1, 0.15) is 17.2 Å². The van der Waals surface area contributed by atoms with E-state index in [9.17, 15) is 14.0 Å². The minimum atomic E-state index is -0.775. The Labute approximate surface area is 181 Å². The summed E-state index contributed by atoms with van der Waals surface area (Å²) in [6, 6.07) is 11.7. The Bertz CT molecular complexity index is 944. The van der Waals surface area contributed by atoms with E-state index in [4.69, 9.17) is 4.74 Å². The van der Waals surface area contributed by atoms with Crippen LogP contribution in [0.4, 0.5) is 15.8 Å². The quantitative estimate of drug-likeness (QED) is 0.715. The number of fused-ring (bicyclic) bond motifs is 1. The monoisotopic (exact) mass is 426 g/mol. The van der Waals surface area contributed by atoms with E-state index >= 15 is 0 Å². The van der Waals surface area contributed by atoms with Gasteiger partial charge >= 0.3 is 11.8 Å². The van der Waals surface area contributed by atoms with Gasteiger partial charge in [-0.05, 0) is 47.9 Å². The van der Waals surface area contributed by atoms with E-state index in [0.29, 0.717) is 25.4 Å². The van der Waals surface area contributed by atoms with Crippen LogP contribution in [0.3, 0.4) is 0 Å². The number of carbonyl (C=O) groups is 2. The van der Waals surface area contributed by atoms with Gasteiger partial charge in [-0.1, -0.05) is 12.1 Å².